The molecule has 2 saturated carbocycles. The zero-order chi connectivity index (χ0) is 30.0. The van der Waals surface area contributed by atoms with Gasteiger partial charge in [0, 0.05) is 11.5 Å². The third-order valence-corrected chi connectivity index (χ3v) is 9.00. The first-order valence-corrected chi connectivity index (χ1v) is 13.8. The molecular weight excluding hydrogens is 524 g/mol. The van der Waals surface area contributed by atoms with Crippen molar-refractivity contribution >= 4 is 41.2 Å². The number of ketones is 4. The molecule has 2 aromatic rings. The lowest BCUT2D eigenvalue weighted by Gasteiger charge is -2.52. The summed E-state index contributed by atoms with van der Waals surface area (Å²) in [6, 6.07) is 10.2. The van der Waals surface area contributed by atoms with E-state index in [1.54, 1.807) is 20.2 Å². The maximum atomic E-state index is 14.1. The summed E-state index contributed by atoms with van der Waals surface area (Å²) in [5, 5.41) is 23.1. The number of nitrogens with two attached hydrogens (primary N) is 1. The van der Waals surface area contributed by atoms with E-state index in [-0.39, 0.29) is 30.1 Å². The molecule has 3 aliphatic rings. The van der Waals surface area contributed by atoms with Crippen LogP contribution in [0.4, 0.5) is 0 Å². The van der Waals surface area contributed by atoms with E-state index in [1.165, 1.54) is 4.90 Å². The van der Waals surface area contributed by atoms with Crippen LogP contribution in [0.2, 0.25) is 0 Å². The number of aliphatic hydroxyl groups is 1. The van der Waals surface area contributed by atoms with Crippen molar-refractivity contribution in [3.8, 4) is 5.75 Å². The van der Waals surface area contributed by atoms with Crippen LogP contribution < -0.4 is 5.73 Å². The molecule has 41 heavy (non-hydrogen) atoms. The molecule has 214 valence electrons. The van der Waals surface area contributed by atoms with E-state index in [9.17, 15) is 34.2 Å². The van der Waals surface area contributed by atoms with E-state index >= 15 is 0 Å². The van der Waals surface area contributed by atoms with Gasteiger partial charge in [-0.3, -0.25) is 28.9 Å². The number of carbonyl (C=O) groups is 5. The molecular formula is C32H34N2O7. The van der Waals surface area contributed by atoms with Crippen molar-refractivity contribution in [1.29, 1.82) is 0 Å². The summed E-state index contributed by atoms with van der Waals surface area (Å²) in [4.78, 5) is 68.5. The molecule has 3 aliphatic carbocycles. The maximum absolute atomic E-state index is 14.1. The van der Waals surface area contributed by atoms with Gasteiger partial charge < -0.3 is 15.9 Å². The van der Waals surface area contributed by atoms with E-state index in [1.807, 2.05) is 56.3 Å². The summed E-state index contributed by atoms with van der Waals surface area (Å²) >= 11 is 0. The third-order valence-electron chi connectivity index (χ3n) is 9.00. The van der Waals surface area contributed by atoms with Gasteiger partial charge in [0.2, 0.25) is 5.91 Å². The molecule has 0 saturated heterocycles. The first kappa shape index (κ1) is 28.6. The van der Waals surface area contributed by atoms with Gasteiger partial charge in [-0.05, 0) is 61.5 Å². The van der Waals surface area contributed by atoms with E-state index < -0.39 is 64.4 Å². The summed E-state index contributed by atoms with van der Waals surface area (Å²) in [5.74, 6) is -10.5. The van der Waals surface area contributed by atoms with Gasteiger partial charge in [0.25, 0.3) is 0 Å². The summed E-state index contributed by atoms with van der Waals surface area (Å²) in [6.45, 7) is 3.95. The third kappa shape index (κ3) is 4.26. The first-order valence-electron chi connectivity index (χ1n) is 13.8. The van der Waals surface area contributed by atoms with E-state index in [0.717, 1.165) is 11.1 Å². The lowest BCUT2D eigenvalue weighted by molar-refractivity contribution is -0.181. The van der Waals surface area contributed by atoms with Crippen LogP contribution in [-0.4, -0.2) is 69.9 Å². The fourth-order valence-corrected chi connectivity index (χ4v) is 7.11. The number of aromatic hydroxyl groups is 1. The molecule has 0 spiro atoms. The highest BCUT2D eigenvalue weighted by Gasteiger charge is 2.69. The Kier molecular flexibility index (Phi) is 7.07. The quantitative estimate of drug-likeness (QED) is 0.373. The van der Waals surface area contributed by atoms with Crippen molar-refractivity contribution in [1.82, 2.24) is 4.90 Å². The standard InChI is InChI=1S/C32H34N2O7/c1-15(2)19-12-17(11-10-16-8-6-5-7-9-16)26(35)23-20(19)13-18-14-21-25(34(3)4)28(37)24(31(33)40)30(39)32(21,41)29(38)22(18)27(23)36/h5-12,15,18,21-22,24-25,35,41H,13-14H2,1-4H3,(H2,33,40)/t18-,21-,22?,24?,25-,32-/m1/s1. The van der Waals surface area contributed by atoms with Gasteiger partial charge in [0.1, 0.15) is 5.75 Å². The molecule has 0 radical (unpaired) electrons. The summed E-state index contributed by atoms with van der Waals surface area (Å²) in [6.07, 6.45) is 3.79. The number of fused-ring (bicyclic) bond motifs is 3. The minimum Gasteiger partial charge on any atom is -0.507 e. The van der Waals surface area contributed by atoms with E-state index in [4.69, 9.17) is 5.73 Å². The largest absolute Gasteiger partial charge is 0.507 e. The van der Waals surface area contributed by atoms with Crippen LogP contribution in [-0.2, 0) is 25.6 Å². The number of carbonyl (C=O) groups excluding carboxylic acids is 5. The highest BCUT2D eigenvalue weighted by atomic mass is 16.3. The minimum absolute atomic E-state index is 0.00973. The average Bonchev–Trinajstić information content (AvgIpc) is 2.90. The lowest BCUT2D eigenvalue weighted by Crippen LogP contribution is -2.74. The number of phenolic OH excluding ortho intramolecular Hbond substituents is 1. The molecule has 2 aromatic carbocycles. The maximum Gasteiger partial charge on any atom is 0.235 e. The highest BCUT2D eigenvalue weighted by Crippen LogP contribution is 2.52. The predicted molar refractivity (Wildman–Crippen MR) is 151 cm³/mol. The van der Waals surface area contributed by atoms with Crippen molar-refractivity contribution in [3.63, 3.8) is 0 Å². The molecule has 0 bridgehead atoms. The van der Waals surface area contributed by atoms with Crippen LogP contribution in [0.15, 0.2) is 36.4 Å². The van der Waals surface area contributed by atoms with Crippen molar-refractivity contribution in [2.24, 2.45) is 29.4 Å². The van der Waals surface area contributed by atoms with Gasteiger partial charge in [0.05, 0.1) is 17.5 Å². The molecule has 0 heterocycles. The molecule has 5 rings (SSSR count). The van der Waals surface area contributed by atoms with Gasteiger partial charge in [-0.25, -0.2) is 0 Å². The number of hydrogen-bond donors (Lipinski definition) is 3. The fourth-order valence-electron chi connectivity index (χ4n) is 7.11. The van der Waals surface area contributed by atoms with Gasteiger partial charge in [0.15, 0.2) is 34.7 Å². The minimum atomic E-state index is -2.74. The highest BCUT2D eigenvalue weighted by molar-refractivity contribution is 6.32. The van der Waals surface area contributed by atoms with Crippen LogP contribution in [0.5, 0.6) is 5.75 Å². The SMILES string of the molecule is CC(C)c1cc(C=Cc2ccccc2)c(O)c2c1C[C@@H]1C[C@@H]3[C@@H](N(C)C)C(=O)C(C(N)=O)C(=O)[C@]3(O)C(=O)C1C2=O. The van der Waals surface area contributed by atoms with Crippen molar-refractivity contribution < 1.29 is 34.2 Å². The van der Waals surface area contributed by atoms with Gasteiger partial charge in [-0.2, -0.15) is 0 Å². The lowest BCUT2D eigenvalue weighted by atomic mass is 9.52. The molecule has 4 N–H and O–H groups in total. The number of benzene rings is 2. The Balaban J connectivity index is 1.64. The number of likely N-dealkylation sites (N-methyl/N-ethyl adjacent to an activating group) is 1. The van der Waals surface area contributed by atoms with Crippen molar-refractivity contribution in [2.75, 3.05) is 14.1 Å². The number of hydrogen-bond acceptors (Lipinski definition) is 8. The van der Waals surface area contributed by atoms with Crippen molar-refractivity contribution in [2.45, 2.75) is 44.2 Å². The van der Waals surface area contributed by atoms with E-state index in [2.05, 4.69) is 0 Å². The molecule has 9 heteroatoms. The Bertz CT molecular complexity index is 1510. The second-order valence-corrected chi connectivity index (χ2v) is 11.9. The van der Waals surface area contributed by atoms with Crippen LogP contribution in [0.3, 0.4) is 0 Å². The first-order chi connectivity index (χ1) is 19.3. The monoisotopic (exact) mass is 558 g/mol. The Morgan fingerprint density at radius 1 is 1.07 bits per heavy atom. The fraction of sp³-hybridized carbons (Fsp3) is 0.406. The number of nitrogens with zero attached hydrogens (tertiary/aromatic N) is 1. The number of rotatable bonds is 5. The summed E-state index contributed by atoms with van der Waals surface area (Å²) in [7, 11) is 3.13. The smallest absolute Gasteiger partial charge is 0.235 e. The molecule has 9 nitrogen and oxygen atoms in total. The number of amides is 1. The normalized spacial score (nSPS) is 29.6. The molecule has 1 amide bonds. The predicted octanol–water partition coefficient (Wildman–Crippen LogP) is 2.16. The number of Topliss-reactive ketones (excluding diaryl/α,β-unsaturated/α-hetero) is 4. The van der Waals surface area contributed by atoms with E-state index in [0.29, 0.717) is 11.1 Å². The average molecular weight is 559 g/mol. The van der Waals surface area contributed by atoms with Crippen LogP contribution >= 0.6 is 0 Å². The Morgan fingerprint density at radius 2 is 1.73 bits per heavy atom. The topological polar surface area (TPSA) is 155 Å². The Morgan fingerprint density at radius 3 is 2.32 bits per heavy atom. The second kappa shape index (κ2) is 10.2. The molecule has 2 fully saturated rings. The van der Waals surface area contributed by atoms with Gasteiger partial charge in [-0.15, -0.1) is 0 Å². The molecule has 6 atom stereocenters. The van der Waals surface area contributed by atoms with Gasteiger partial charge in [-0.1, -0.05) is 56.3 Å². The van der Waals surface area contributed by atoms with Crippen molar-refractivity contribution in [3.05, 3.63) is 64.2 Å². The Labute approximate surface area is 238 Å². The molecule has 0 aromatic heterocycles. The number of phenols is 1. The summed E-state index contributed by atoms with van der Waals surface area (Å²) in [5.41, 5.74) is 5.43. The zero-order valence-electron chi connectivity index (χ0n) is 23.5. The van der Waals surface area contributed by atoms with Crippen LogP contribution in [0, 0.1) is 23.7 Å². The summed E-state index contributed by atoms with van der Waals surface area (Å²) < 4.78 is 0. The Hall–Kier alpha value is -3.95. The van der Waals surface area contributed by atoms with Crippen LogP contribution in [0.25, 0.3) is 12.2 Å². The number of primary amides is 1. The molecule has 0 aliphatic heterocycles. The van der Waals surface area contributed by atoms with Gasteiger partial charge >= 0.3 is 0 Å². The molecule has 2 unspecified atom stereocenters. The second-order valence-electron chi connectivity index (χ2n) is 11.9. The zero-order valence-corrected chi connectivity index (χ0v) is 23.5. The van der Waals surface area contributed by atoms with Crippen LogP contribution in [0.1, 0.15) is 58.8 Å².